The van der Waals surface area contributed by atoms with Crippen molar-refractivity contribution in [2.75, 3.05) is 31.2 Å². The molecule has 1 aromatic rings. The predicted molar refractivity (Wildman–Crippen MR) is 77.1 cm³/mol. The van der Waals surface area contributed by atoms with Crippen molar-refractivity contribution in [3.8, 4) is 0 Å². The molecule has 1 aromatic carbocycles. The monoisotopic (exact) mass is 303 g/mol. The van der Waals surface area contributed by atoms with E-state index >= 15 is 0 Å². The largest absolute Gasteiger partial charge is 0.395 e. The van der Waals surface area contributed by atoms with Crippen molar-refractivity contribution in [3.63, 3.8) is 0 Å². The van der Waals surface area contributed by atoms with E-state index in [1.807, 2.05) is 30.3 Å². The number of carbonyl (C=O) groups is 1. The van der Waals surface area contributed by atoms with E-state index in [0.29, 0.717) is 0 Å². The summed E-state index contributed by atoms with van der Waals surface area (Å²) in [4.78, 5) is 12.8. The molecule has 0 atom stereocenters. The smallest absolute Gasteiger partial charge is 0.255 e. The molecule has 0 saturated heterocycles. The Kier molecular flexibility index (Phi) is 8.22. The van der Waals surface area contributed by atoms with Crippen LogP contribution in [0.3, 0.4) is 0 Å². The Morgan fingerprint density at radius 3 is 2.60 bits per heavy atom. The highest BCUT2D eigenvalue weighted by Gasteiger charge is 2.17. The molecule has 0 aliphatic carbocycles. The molecule has 6 heteroatoms. The Balaban J connectivity index is 2.26. The highest BCUT2D eigenvalue weighted by Crippen LogP contribution is 2.09. The number of hydrogen-bond acceptors (Lipinski definition) is 3. The molecule has 0 aliphatic rings. The minimum atomic E-state index is -2.57. The summed E-state index contributed by atoms with van der Waals surface area (Å²) in [6.45, 7) is -0.950. The van der Waals surface area contributed by atoms with Gasteiger partial charge in [0.25, 0.3) is 6.43 Å². The van der Waals surface area contributed by atoms with Gasteiger partial charge in [-0.15, -0.1) is 0 Å². The summed E-state index contributed by atoms with van der Waals surface area (Å²) in [5.41, 5.74) is 1.19. The summed E-state index contributed by atoms with van der Waals surface area (Å²) in [5, 5.41) is 8.77. The fourth-order valence-corrected chi connectivity index (χ4v) is 2.57. The number of hydrogen-bond donors (Lipinski definition) is 1. The van der Waals surface area contributed by atoms with Crippen molar-refractivity contribution < 1.29 is 18.7 Å². The van der Waals surface area contributed by atoms with Crippen LogP contribution in [0.2, 0.25) is 0 Å². The van der Waals surface area contributed by atoms with Gasteiger partial charge in [-0.25, -0.2) is 8.78 Å². The van der Waals surface area contributed by atoms with Crippen molar-refractivity contribution in [2.24, 2.45) is 0 Å². The van der Waals surface area contributed by atoms with E-state index in [1.165, 1.54) is 17.3 Å². The van der Waals surface area contributed by atoms with Crippen molar-refractivity contribution in [2.45, 2.75) is 12.8 Å². The first-order chi connectivity index (χ1) is 9.63. The number of aliphatic hydroxyl groups is 1. The number of aryl methyl sites for hydroxylation is 1. The first-order valence-electron chi connectivity index (χ1n) is 6.42. The van der Waals surface area contributed by atoms with Gasteiger partial charge in [-0.05, 0) is 17.7 Å². The zero-order valence-corrected chi connectivity index (χ0v) is 12.0. The predicted octanol–water partition coefficient (Wildman–Crippen LogP) is 2.05. The molecular formula is C14H19F2NO2S. The lowest BCUT2D eigenvalue weighted by molar-refractivity contribution is -0.130. The van der Waals surface area contributed by atoms with Gasteiger partial charge in [0.05, 0.1) is 18.9 Å². The van der Waals surface area contributed by atoms with Crippen molar-refractivity contribution in [1.29, 1.82) is 0 Å². The van der Waals surface area contributed by atoms with E-state index in [2.05, 4.69) is 0 Å². The molecule has 0 heterocycles. The van der Waals surface area contributed by atoms with Crippen LogP contribution in [0.1, 0.15) is 5.56 Å². The third-order valence-electron chi connectivity index (χ3n) is 2.68. The molecule has 112 valence electrons. The standard InChI is InChI=1S/C14H19F2NO2S/c15-13(16)10-17(7-8-18)14(19)11-20-9-6-12-4-2-1-3-5-12/h1-5,13,18H,6-11H2. The molecule has 0 bridgehead atoms. The molecule has 1 rings (SSSR count). The van der Waals surface area contributed by atoms with Crippen LogP contribution in [0.4, 0.5) is 8.78 Å². The zero-order valence-electron chi connectivity index (χ0n) is 11.2. The Morgan fingerprint density at radius 1 is 1.30 bits per heavy atom. The van der Waals surface area contributed by atoms with Gasteiger partial charge >= 0.3 is 0 Å². The molecule has 20 heavy (non-hydrogen) atoms. The summed E-state index contributed by atoms with van der Waals surface area (Å²) < 4.78 is 24.6. The molecular weight excluding hydrogens is 284 g/mol. The number of benzene rings is 1. The zero-order chi connectivity index (χ0) is 14.8. The van der Waals surface area contributed by atoms with Crippen LogP contribution < -0.4 is 0 Å². The summed E-state index contributed by atoms with van der Waals surface area (Å²) in [5.74, 6) is 0.578. The molecule has 0 spiro atoms. The first kappa shape index (κ1) is 16.9. The van der Waals surface area contributed by atoms with Gasteiger partial charge in [0.2, 0.25) is 5.91 Å². The number of rotatable bonds is 9. The second kappa shape index (κ2) is 9.72. The first-order valence-corrected chi connectivity index (χ1v) is 7.57. The van der Waals surface area contributed by atoms with E-state index in [4.69, 9.17) is 5.11 Å². The van der Waals surface area contributed by atoms with E-state index < -0.39 is 13.0 Å². The molecule has 1 N–H and O–H groups in total. The van der Waals surface area contributed by atoms with E-state index in [0.717, 1.165) is 17.1 Å². The maximum absolute atomic E-state index is 12.3. The second-order valence-electron chi connectivity index (χ2n) is 4.24. The maximum Gasteiger partial charge on any atom is 0.255 e. The van der Waals surface area contributed by atoms with E-state index in [-0.39, 0.29) is 24.8 Å². The van der Waals surface area contributed by atoms with Crippen LogP contribution in [0, 0.1) is 0 Å². The quantitative estimate of drug-likeness (QED) is 0.710. The average Bonchev–Trinajstić information content (AvgIpc) is 2.43. The molecule has 0 saturated carbocycles. The Morgan fingerprint density at radius 2 is 2.00 bits per heavy atom. The summed E-state index contributed by atoms with van der Waals surface area (Å²) >= 11 is 1.42. The van der Waals surface area contributed by atoms with Crippen LogP contribution in [0.15, 0.2) is 30.3 Å². The van der Waals surface area contributed by atoms with Crippen molar-refractivity contribution in [3.05, 3.63) is 35.9 Å². The van der Waals surface area contributed by atoms with Gasteiger partial charge < -0.3 is 10.0 Å². The lowest BCUT2D eigenvalue weighted by atomic mass is 10.2. The normalized spacial score (nSPS) is 10.8. The van der Waals surface area contributed by atoms with Gasteiger partial charge in [-0.1, -0.05) is 30.3 Å². The molecule has 0 aliphatic heterocycles. The van der Waals surface area contributed by atoms with Gasteiger partial charge in [0.1, 0.15) is 0 Å². The Hall–Kier alpha value is -1.14. The maximum atomic E-state index is 12.3. The van der Waals surface area contributed by atoms with E-state index in [1.54, 1.807) is 0 Å². The Labute approximate surface area is 122 Å². The number of alkyl halides is 2. The van der Waals surface area contributed by atoms with Gasteiger partial charge in [0, 0.05) is 6.54 Å². The average molecular weight is 303 g/mol. The SMILES string of the molecule is O=C(CSCCc1ccccc1)N(CCO)CC(F)F. The number of aliphatic hydroxyl groups excluding tert-OH is 1. The fourth-order valence-electron chi connectivity index (χ4n) is 1.69. The summed E-state index contributed by atoms with van der Waals surface area (Å²) in [6, 6.07) is 9.87. The van der Waals surface area contributed by atoms with Crippen molar-refractivity contribution >= 4 is 17.7 Å². The molecule has 0 fully saturated rings. The van der Waals surface area contributed by atoms with Gasteiger partial charge in [-0.3, -0.25) is 4.79 Å². The molecule has 0 unspecified atom stereocenters. The lowest BCUT2D eigenvalue weighted by Crippen LogP contribution is -2.38. The number of nitrogens with zero attached hydrogens (tertiary/aromatic N) is 1. The molecule has 0 radical (unpaired) electrons. The summed E-state index contributed by atoms with van der Waals surface area (Å²) in [6.07, 6.45) is -1.73. The van der Waals surface area contributed by atoms with Crippen molar-refractivity contribution in [1.82, 2.24) is 4.90 Å². The third kappa shape index (κ3) is 6.86. The van der Waals surface area contributed by atoms with E-state index in [9.17, 15) is 13.6 Å². The van der Waals surface area contributed by atoms with Crippen LogP contribution >= 0.6 is 11.8 Å². The second-order valence-corrected chi connectivity index (χ2v) is 5.35. The minimum absolute atomic E-state index is 0.0393. The number of thioether (sulfide) groups is 1. The molecule has 0 aromatic heterocycles. The summed E-state index contributed by atoms with van der Waals surface area (Å²) in [7, 11) is 0. The molecule has 1 amide bonds. The number of amides is 1. The fraction of sp³-hybridized carbons (Fsp3) is 0.500. The molecule has 3 nitrogen and oxygen atoms in total. The van der Waals surface area contributed by atoms with Gasteiger partial charge in [-0.2, -0.15) is 11.8 Å². The minimum Gasteiger partial charge on any atom is -0.395 e. The van der Waals surface area contributed by atoms with Crippen LogP contribution in [0.25, 0.3) is 0 Å². The highest BCUT2D eigenvalue weighted by molar-refractivity contribution is 7.99. The number of halogens is 2. The lowest BCUT2D eigenvalue weighted by Gasteiger charge is -2.21. The van der Waals surface area contributed by atoms with Crippen LogP contribution in [-0.2, 0) is 11.2 Å². The van der Waals surface area contributed by atoms with Gasteiger partial charge in [0.15, 0.2) is 0 Å². The third-order valence-corrected chi connectivity index (χ3v) is 3.63. The topological polar surface area (TPSA) is 40.5 Å². The number of carbonyl (C=O) groups excluding carboxylic acids is 1. The van der Waals surface area contributed by atoms with Crippen LogP contribution in [-0.4, -0.2) is 53.5 Å². The Bertz CT molecular complexity index is 390. The highest BCUT2D eigenvalue weighted by atomic mass is 32.2. The van der Waals surface area contributed by atoms with Crippen LogP contribution in [0.5, 0.6) is 0 Å².